The Kier molecular flexibility index (Phi) is 10.4. The zero-order valence-corrected chi connectivity index (χ0v) is 19.1. The number of alkyl halides is 21. The minimum Gasteiger partial charge on any atom is -0.768 e. The Morgan fingerprint density at radius 3 is 1.00 bits per heavy atom. The molecule has 0 saturated heterocycles. The first-order valence-corrected chi connectivity index (χ1v) is 8.37. The van der Waals surface area contributed by atoms with Crippen molar-refractivity contribution in [3.8, 4) is 0 Å². The summed E-state index contributed by atoms with van der Waals surface area (Å²) >= 11 is -2.39. The van der Waals surface area contributed by atoms with Gasteiger partial charge in [-0.05, 0) is 11.6 Å². The third-order valence-electron chi connectivity index (χ3n) is 3.50. The maximum atomic E-state index is 13.3. The van der Waals surface area contributed by atoms with E-state index in [9.17, 15) is 96.6 Å². The number of hydrogen-bond donors (Lipinski definition) is 0. The zero-order valence-electron chi connectivity index (χ0n) is 15.6. The third-order valence-corrected chi connectivity index (χ3v) is 4.39. The van der Waals surface area contributed by atoms with E-state index in [4.69, 9.17) is 0 Å². The molecule has 36 heavy (non-hydrogen) atoms. The van der Waals surface area contributed by atoms with Gasteiger partial charge in [-0.2, -0.15) is 87.8 Å². The maximum Gasteiger partial charge on any atom is 1.00 e. The number of halogens is 21. The molecule has 0 aromatic heterocycles. The fourth-order valence-electron chi connectivity index (χ4n) is 1.53. The van der Waals surface area contributed by atoms with E-state index in [1.807, 2.05) is 0 Å². The van der Waals surface area contributed by atoms with Crippen molar-refractivity contribution in [1.82, 2.24) is 0 Å². The molecule has 0 heterocycles. The fraction of sp³-hybridized carbons (Fsp3) is 1.00. The molecule has 0 saturated carbocycles. The van der Waals surface area contributed by atoms with E-state index < -0.39 is 69.5 Å². The predicted octanol–water partition coefficient (Wildman–Crippen LogP) is 3.31. The number of ether oxygens (including phenoxy) is 1. The first kappa shape index (κ1) is 38.1. The molecule has 0 N–H and O–H groups in total. The van der Waals surface area contributed by atoms with Gasteiger partial charge >= 0.3 is 87.9 Å². The van der Waals surface area contributed by atoms with Crippen LogP contribution in [-0.4, -0.2) is 67.2 Å². The Morgan fingerprint density at radius 2 is 0.750 bits per heavy atom. The van der Waals surface area contributed by atoms with E-state index in [0.29, 0.717) is 0 Å². The van der Waals surface area contributed by atoms with Gasteiger partial charge < -0.3 is 4.55 Å². The summed E-state index contributed by atoms with van der Waals surface area (Å²) in [5, 5.41) is -14.1. The molecule has 1 unspecified atom stereocenters. The average molecular weight is 639 g/mol. The van der Waals surface area contributed by atoms with E-state index in [1.165, 1.54) is 0 Å². The van der Waals surface area contributed by atoms with Crippen molar-refractivity contribution < 1.29 is 131 Å². The van der Waals surface area contributed by atoms with Crippen LogP contribution in [0.5, 0.6) is 0 Å². The Hall–Kier alpha value is -0.0400. The number of rotatable bonds is 11. The molecular formula is C10ClF20NaO3S. The van der Waals surface area contributed by atoms with E-state index in [2.05, 4.69) is 11.6 Å². The molecule has 0 fully saturated rings. The van der Waals surface area contributed by atoms with Crippen LogP contribution in [0.1, 0.15) is 0 Å². The van der Waals surface area contributed by atoms with Gasteiger partial charge in [0.15, 0.2) is 0 Å². The smallest absolute Gasteiger partial charge is 0.768 e. The molecule has 3 nitrogen and oxygen atoms in total. The SMILES string of the molecule is O=S([O-])C(F)(F)C(F)(F)OC(F)(F)C(F)(F)C(F)(F)C(F)(F)C(F)(F)C(F)(F)C(F)(F)C(F)(F)Cl.[Na+]. The molecule has 0 aliphatic rings. The first-order chi connectivity index (χ1) is 14.7. The van der Waals surface area contributed by atoms with Gasteiger partial charge in [-0.3, -0.25) is 4.21 Å². The molecule has 0 aromatic carbocycles. The van der Waals surface area contributed by atoms with Crippen LogP contribution in [-0.2, 0) is 15.8 Å². The van der Waals surface area contributed by atoms with Crippen molar-refractivity contribution in [2.24, 2.45) is 0 Å². The fourth-order valence-corrected chi connectivity index (χ4v) is 1.89. The molecule has 0 aliphatic carbocycles. The monoisotopic (exact) mass is 638 g/mol. The Balaban J connectivity index is 0. The van der Waals surface area contributed by atoms with Crippen molar-refractivity contribution in [3.63, 3.8) is 0 Å². The molecule has 0 radical (unpaired) electrons. The largest absolute Gasteiger partial charge is 1.00 e. The topological polar surface area (TPSA) is 49.4 Å². The molecule has 212 valence electrons. The van der Waals surface area contributed by atoms with Crippen LogP contribution in [0.25, 0.3) is 0 Å². The zero-order chi connectivity index (χ0) is 29.3. The summed E-state index contributed by atoms with van der Waals surface area (Å²) < 4.78 is 280. The Bertz CT molecular complexity index is 825. The van der Waals surface area contributed by atoms with Gasteiger partial charge in [-0.15, -0.1) is 0 Å². The molecule has 0 spiro atoms. The van der Waals surface area contributed by atoms with Gasteiger partial charge in [-0.1, -0.05) is 0 Å². The molecule has 0 amide bonds. The second-order valence-electron chi connectivity index (χ2n) is 5.83. The van der Waals surface area contributed by atoms with Crippen molar-refractivity contribution >= 4 is 22.7 Å². The van der Waals surface area contributed by atoms with Crippen LogP contribution in [0.15, 0.2) is 0 Å². The van der Waals surface area contributed by atoms with E-state index >= 15 is 0 Å². The molecular weight excluding hydrogens is 639 g/mol. The summed E-state index contributed by atoms with van der Waals surface area (Å²) in [5.74, 6) is -52.5. The average Bonchev–Trinajstić information content (AvgIpc) is 2.58. The second-order valence-corrected chi connectivity index (χ2v) is 7.29. The Morgan fingerprint density at radius 1 is 0.500 bits per heavy atom. The van der Waals surface area contributed by atoms with Gasteiger partial charge in [0, 0.05) is 11.1 Å². The van der Waals surface area contributed by atoms with Crippen LogP contribution in [0.4, 0.5) is 87.8 Å². The Labute approximate surface area is 212 Å². The second kappa shape index (κ2) is 9.86. The summed E-state index contributed by atoms with van der Waals surface area (Å²) in [6.45, 7) is 0. The van der Waals surface area contributed by atoms with Crippen LogP contribution in [0.2, 0.25) is 0 Å². The van der Waals surface area contributed by atoms with E-state index in [1.54, 1.807) is 0 Å². The van der Waals surface area contributed by atoms with E-state index in [0.717, 1.165) is 4.74 Å². The molecule has 0 bridgehead atoms. The standard InChI is InChI=1S/C10HClF20O3S.Na/c11-7(24,25)5(20,21)3(16,17)1(12,13)2(14,15)4(18,19)6(22,23)8(26,27)34-9(28,29)10(30,31)35(32)33;/h(H,32,33);/q;+1/p-1. The van der Waals surface area contributed by atoms with Gasteiger partial charge in [0.2, 0.25) is 0 Å². The van der Waals surface area contributed by atoms with Gasteiger partial charge in [0.05, 0.1) is 0 Å². The van der Waals surface area contributed by atoms with Crippen LogP contribution >= 0.6 is 11.6 Å². The third kappa shape index (κ3) is 5.23. The predicted molar refractivity (Wildman–Crippen MR) is 65.3 cm³/mol. The summed E-state index contributed by atoms with van der Waals surface area (Å²) in [6.07, 6.45) is -15.9. The van der Waals surface area contributed by atoms with Crippen LogP contribution in [0, 0.1) is 0 Å². The van der Waals surface area contributed by atoms with Gasteiger partial charge in [-0.25, -0.2) is 4.74 Å². The molecule has 0 aliphatic heterocycles. The van der Waals surface area contributed by atoms with Crippen LogP contribution in [0.3, 0.4) is 0 Å². The summed E-state index contributed by atoms with van der Waals surface area (Å²) in [5.41, 5.74) is 0. The molecule has 0 aromatic rings. The van der Waals surface area contributed by atoms with Gasteiger partial charge in [0.25, 0.3) is 0 Å². The molecule has 1 atom stereocenters. The van der Waals surface area contributed by atoms with Crippen LogP contribution < -0.4 is 29.6 Å². The number of hydrogen-bond acceptors (Lipinski definition) is 3. The van der Waals surface area contributed by atoms with Gasteiger partial charge in [0.1, 0.15) is 0 Å². The minimum atomic E-state index is -9.06. The van der Waals surface area contributed by atoms with Crippen molar-refractivity contribution in [1.29, 1.82) is 0 Å². The van der Waals surface area contributed by atoms with Crippen molar-refractivity contribution in [3.05, 3.63) is 0 Å². The summed E-state index contributed by atoms with van der Waals surface area (Å²) in [6, 6.07) is 0. The van der Waals surface area contributed by atoms with Crippen molar-refractivity contribution in [2.45, 2.75) is 58.4 Å². The molecule has 0 rings (SSSR count). The normalized spacial score (nSPS) is 17.1. The minimum absolute atomic E-state index is 0. The van der Waals surface area contributed by atoms with Crippen molar-refractivity contribution in [2.75, 3.05) is 0 Å². The first-order valence-electron chi connectivity index (χ1n) is 6.91. The summed E-state index contributed by atoms with van der Waals surface area (Å²) in [7, 11) is 0. The van der Waals surface area contributed by atoms with E-state index in [-0.39, 0.29) is 29.6 Å². The maximum absolute atomic E-state index is 13.3. The quantitative estimate of drug-likeness (QED) is 0.151. The molecule has 26 heteroatoms. The summed E-state index contributed by atoms with van der Waals surface area (Å²) in [4.78, 5) is 0.